The van der Waals surface area contributed by atoms with Crippen molar-refractivity contribution >= 4 is 38.6 Å². The van der Waals surface area contributed by atoms with Crippen molar-refractivity contribution in [3.8, 4) is 0 Å². The van der Waals surface area contributed by atoms with Gasteiger partial charge in [0.1, 0.15) is 18.2 Å². The second-order valence-corrected chi connectivity index (χ2v) is 5.50. The maximum absolute atomic E-state index is 11.2. The summed E-state index contributed by atoms with van der Waals surface area (Å²) in [6.07, 6.45) is 1.43. The number of aromatic nitrogens is 2. The summed E-state index contributed by atoms with van der Waals surface area (Å²) >= 11 is 3.39. The lowest BCUT2D eigenvalue weighted by Crippen LogP contribution is -2.34. The number of nitrogens with zero attached hydrogens (tertiary/aromatic N) is 2. The number of rotatable bonds is 4. The number of carbonyl (C=O) groups is 1. The summed E-state index contributed by atoms with van der Waals surface area (Å²) in [5.41, 5.74) is 0.772. The highest BCUT2D eigenvalue weighted by atomic mass is 79.9. The summed E-state index contributed by atoms with van der Waals surface area (Å²) in [5, 5.41) is 13.0. The van der Waals surface area contributed by atoms with Gasteiger partial charge in [-0.1, -0.05) is 29.8 Å². The molecule has 1 atom stereocenters. The van der Waals surface area contributed by atoms with Crippen molar-refractivity contribution in [1.82, 2.24) is 9.97 Å². The van der Waals surface area contributed by atoms with Gasteiger partial charge in [0, 0.05) is 9.86 Å². The average Bonchev–Trinajstić information content (AvgIpc) is 2.35. The van der Waals surface area contributed by atoms with Crippen LogP contribution < -0.4 is 5.32 Å². The third kappa shape index (κ3) is 3.01. The zero-order chi connectivity index (χ0) is 14.0. The molecule has 0 unspecified atom stereocenters. The molecule has 5 nitrogen and oxygen atoms in total. The SMILES string of the molecule is CC(C)[C@H](Nc1ncnc2ccc(Br)cc12)C(=O)O. The Hall–Kier alpha value is -1.69. The lowest BCUT2D eigenvalue weighted by molar-refractivity contribution is -0.138. The lowest BCUT2D eigenvalue weighted by atomic mass is 10.0. The van der Waals surface area contributed by atoms with Crippen LogP contribution >= 0.6 is 15.9 Å². The highest BCUT2D eigenvalue weighted by Crippen LogP contribution is 2.24. The first-order chi connectivity index (χ1) is 8.99. The molecule has 0 saturated carbocycles. The van der Waals surface area contributed by atoms with Gasteiger partial charge in [0.2, 0.25) is 0 Å². The Morgan fingerprint density at radius 2 is 2.11 bits per heavy atom. The fourth-order valence-electron chi connectivity index (χ4n) is 1.80. The number of hydrogen-bond donors (Lipinski definition) is 2. The summed E-state index contributed by atoms with van der Waals surface area (Å²) in [6.45, 7) is 3.70. The Balaban J connectivity index is 2.44. The van der Waals surface area contributed by atoms with Gasteiger partial charge in [0.25, 0.3) is 0 Å². The molecule has 1 aromatic heterocycles. The Morgan fingerprint density at radius 3 is 2.74 bits per heavy atom. The predicted octanol–water partition coefficient (Wildman–Crippen LogP) is 2.91. The molecule has 2 rings (SSSR count). The fraction of sp³-hybridized carbons (Fsp3) is 0.308. The number of nitrogens with one attached hydrogen (secondary N) is 1. The van der Waals surface area contributed by atoms with Crippen LogP contribution in [0.5, 0.6) is 0 Å². The van der Waals surface area contributed by atoms with Crippen LogP contribution in [0.1, 0.15) is 13.8 Å². The summed E-state index contributed by atoms with van der Waals surface area (Å²) in [7, 11) is 0. The summed E-state index contributed by atoms with van der Waals surface area (Å²) < 4.78 is 0.897. The largest absolute Gasteiger partial charge is 0.480 e. The zero-order valence-electron chi connectivity index (χ0n) is 10.6. The Morgan fingerprint density at radius 1 is 1.37 bits per heavy atom. The average molecular weight is 324 g/mol. The molecule has 19 heavy (non-hydrogen) atoms. The topological polar surface area (TPSA) is 75.1 Å². The Bertz CT molecular complexity index is 616. The minimum absolute atomic E-state index is 0.0466. The van der Waals surface area contributed by atoms with Gasteiger partial charge >= 0.3 is 5.97 Å². The van der Waals surface area contributed by atoms with E-state index in [4.69, 9.17) is 0 Å². The van der Waals surface area contributed by atoms with Crippen molar-refractivity contribution in [2.45, 2.75) is 19.9 Å². The molecule has 0 radical (unpaired) electrons. The summed E-state index contributed by atoms with van der Waals surface area (Å²) in [6, 6.07) is 4.93. The molecule has 0 aliphatic heterocycles. The minimum atomic E-state index is -0.892. The second-order valence-electron chi connectivity index (χ2n) is 4.59. The number of benzene rings is 1. The van der Waals surface area contributed by atoms with Gasteiger partial charge in [-0.2, -0.15) is 0 Å². The van der Waals surface area contributed by atoms with E-state index < -0.39 is 12.0 Å². The smallest absolute Gasteiger partial charge is 0.326 e. The Labute approximate surface area is 119 Å². The number of hydrogen-bond acceptors (Lipinski definition) is 4. The van der Waals surface area contributed by atoms with E-state index in [1.165, 1.54) is 6.33 Å². The molecule has 0 spiro atoms. The first kappa shape index (κ1) is 13.7. The van der Waals surface area contributed by atoms with Gasteiger partial charge in [0.15, 0.2) is 0 Å². The van der Waals surface area contributed by atoms with Crippen molar-refractivity contribution < 1.29 is 9.90 Å². The first-order valence-corrected chi connectivity index (χ1v) is 6.68. The van der Waals surface area contributed by atoms with Gasteiger partial charge in [-0.3, -0.25) is 0 Å². The monoisotopic (exact) mass is 323 g/mol. The van der Waals surface area contributed by atoms with Gasteiger partial charge in [-0.25, -0.2) is 14.8 Å². The zero-order valence-corrected chi connectivity index (χ0v) is 12.2. The predicted molar refractivity (Wildman–Crippen MR) is 77.1 cm³/mol. The van der Waals surface area contributed by atoms with Crippen LogP contribution in [0, 0.1) is 5.92 Å². The maximum atomic E-state index is 11.2. The second kappa shape index (κ2) is 5.52. The molecule has 0 saturated heterocycles. The van der Waals surface area contributed by atoms with E-state index in [0.717, 1.165) is 15.4 Å². The number of carboxylic acid groups (broad SMARTS) is 1. The Kier molecular flexibility index (Phi) is 3.99. The lowest BCUT2D eigenvalue weighted by Gasteiger charge is -2.19. The first-order valence-electron chi connectivity index (χ1n) is 5.88. The van der Waals surface area contributed by atoms with E-state index in [0.29, 0.717) is 5.82 Å². The van der Waals surface area contributed by atoms with E-state index in [9.17, 15) is 9.90 Å². The highest BCUT2D eigenvalue weighted by molar-refractivity contribution is 9.10. The van der Waals surface area contributed by atoms with Crippen molar-refractivity contribution in [3.05, 3.63) is 29.0 Å². The van der Waals surface area contributed by atoms with Crippen LogP contribution in [-0.4, -0.2) is 27.1 Å². The number of carboxylic acids is 1. The van der Waals surface area contributed by atoms with Crippen LogP contribution in [0.4, 0.5) is 5.82 Å². The maximum Gasteiger partial charge on any atom is 0.326 e. The molecular weight excluding hydrogens is 310 g/mol. The molecule has 0 amide bonds. The summed E-state index contributed by atoms with van der Waals surface area (Å²) in [4.78, 5) is 19.5. The number of aliphatic carboxylic acids is 1. The van der Waals surface area contributed by atoms with E-state index in [1.807, 2.05) is 32.0 Å². The van der Waals surface area contributed by atoms with Crippen LogP contribution in [0.25, 0.3) is 10.9 Å². The quantitative estimate of drug-likeness (QED) is 0.904. The third-order valence-corrected chi connectivity index (χ3v) is 3.32. The van der Waals surface area contributed by atoms with Crippen molar-refractivity contribution in [2.24, 2.45) is 5.92 Å². The minimum Gasteiger partial charge on any atom is -0.480 e. The number of fused-ring (bicyclic) bond motifs is 1. The highest BCUT2D eigenvalue weighted by Gasteiger charge is 2.22. The normalized spacial score (nSPS) is 12.6. The van der Waals surface area contributed by atoms with Gasteiger partial charge in [-0.05, 0) is 24.1 Å². The van der Waals surface area contributed by atoms with Crippen molar-refractivity contribution in [2.75, 3.05) is 5.32 Å². The van der Waals surface area contributed by atoms with Crippen LogP contribution in [0.15, 0.2) is 29.0 Å². The van der Waals surface area contributed by atoms with Crippen LogP contribution in [0.3, 0.4) is 0 Å². The van der Waals surface area contributed by atoms with Crippen molar-refractivity contribution in [1.29, 1.82) is 0 Å². The van der Waals surface area contributed by atoms with Gasteiger partial charge in [-0.15, -0.1) is 0 Å². The molecule has 0 fully saturated rings. The number of halogens is 1. The standard InChI is InChI=1S/C13H14BrN3O2/c1-7(2)11(13(18)19)17-12-9-5-8(14)3-4-10(9)15-6-16-12/h3-7,11H,1-2H3,(H,18,19)(H,15,16,17)/t11-/m0/s1. The third-order valence-electron chi connectivity index (χ3n) is 2.82. The molecular formula is C13H14BrN3O2. The summed E-state index contributed by atoms with van der Waals surface area (Å²) in [5.74, 6) is -0.404. The van der Waals surface area contributed by atoms with E-state index in [-0.39, 0.29) is 5.92 Å². The number of anilines is 1. The molecule has 100 valence electrons. The van der Waals surface area contributed by atoms with E-state index in [2.05, 4.69) is 31.2 Å². The van der Waals surface area contributed by atoms with E-state index in [1.54, 1.807) is 0 Å². The fourth-order valence-corrected chi connectivity index (χ4v) is 2.17. The molecule has 2 N–H and O–H groups in total. The van der Waals surface area contributed by atoms with Crippen LogP contribution in [0.2, 0.25) is 0 Å². The molecule has 1 aromatic carbocycles. The molecule has 2 aromatic rings. The van der Waals surface area contributed by atoms with E-state index >= 15 is 0 Å². The van der Waals surface area contributed by atoms with Crippen LogP contribution in [-0.2, 0) is 4.79 Å². The van der Waals surface area contributed by atoms with Gasteiger partial charge < -0.3 is 10.4 Å². The molecule has 6 heteroatoms. The molecule has 0 bridgehead atoms. The molecule has 0 aliphatic carbocycles. The van der Waals surface area contributed by atoms with Crippen molar-refractivity contribution in [3.63, 3.8) is 0 Å². The van der Waals surface area contributed by atoms with Gasteiger partial charge in [0.05, 0.1) is 5.52 Å². The molecule has 0 aliphatic rings. The molecule has 1 heterocycles.